The smallest absolute Gasteiger partial charge is 0.329 e. The van der Waals surface area contributed by atoms with Crippen LogP contribution in [0.1, 0.15) is 11.1 Å². The monoisotopic (exact) mass is 512 g/mol. The van der Waals surface area contributed by atoms with Gasteiger partial charge in [0.15, 0.2) is 0 Å². The standard InChI is InChI=1S/C25H22Cl2N4O4/c26-18-6-5-16(20(27)12-18)14-31-24(33)21(28-25(31)34)11-17-13-30(22-4-2-1-3-19(17)22)15-23(32)29-7-9-35-10-8-29/h1-6,11-13H,7-10,14-15H2,(H,28,34). The molecule has 1 N–H and O–H groups in total. The first-order valence-electron chi connectivity index (χ1n) is 11.1. The average Bonchev–Trinajstić information content (AvgIpc) is 3.33. The quantitative estimate of drug-likeness (QED) is 0.415. The Morgan fingerprint density at radius 1 is 1.09 bits per heavy atom. The van der Waals surface area contributed by atoms with E-state index in [-0.39, 0.29) is 24.7 Å². The van der Waals surface area contributed by atoms with Crippen LogP contribution in [-0.2, 0) is 27.4 Å². The van der Waals surface area contributed by atoms with E-state index in [1.165, 1.54) is 0 Å². The minimum Gasteiger partial charge on any atom is -0.378 e. The Bertz CT molecular complexity index is 1360. The highest BCUT2D eigenvalue weighted by molar-refractivity contribution is 6.35. The topological polar surface area (TPSA) is 83.9 Å². The van der Waals surface area contributed by atoms with Crippen LogP contribution in [0.4, 0.5) is 4.79 Å². The Kier molecular flexibility index (Phi) is 6.51. The van der Waals surface area contributed by atoms with Gasteiger partial charge >= 0.3 is 6.03 Å². The van der Waals surface area contributed by atoms with Crippen LogP contribution in [-0.4, -0.2) is 58.5 Å². The van der Waals surface area contributed by atoms with E-state index in [0.717, 1.165) is 21.4 Å². The molecule has 0 atom stereocenters. The van der Waals surface area contributed by atoms with Crippen molar-refractivity contribution in [2.45, 2.75) is 13.1 Å². The number of hydrogen-bond donors (Lipinski definition) is 1. The van der Waals surface area contributed by atoms with Gasteiger partial charge in [-0.15, -0.1) is 0 Å². The number of halogens is 2. The summed E-state index contributed by atoms with van der Waals surface area (Å²) < 4.78 is 7.20. The van der Waals surface area contributed by atoms with Crippen molar-refractivity contribution in [2.75, 3.05) is 26.3 Å². The minimum absolute atomic E-state index is 0.00419. The molecule has 2 aliphatic heterocycles. The van der Waals surface area contributed by atoms with Crippen LogP contribution in [0.3, 0.4) is 0 Å². The number of amides is 4. The van der Waals surface area contributed by atoms with Gasteiger partial charge in [0.05, 0.1) is 19.8 Å². The number of morpholine rings is 1. The maximum absolute atomic E-state index is 13.1. The molecule has 10 heteroatoms. The molecule has 8 nitrogen and oxygen atoms in total. The third-order valence-corrected chi connectivity index (χ3v) is 6.68. The van der Waals surface area contributed by atoms with Gasteiger partial charge in [-0.2, -0.15) is 0 Å². The number of ether oxygens (including phenoxy) is 1. The molecule has 2 saturated heterocycles. The molecule has 0 bridgehead atoms. The largest absolute Gasteiger partial charge is 0.378 e. The van der Waals surface area contributed by atoms with Crippen LogP contribution in [0.25, 0.3) is 17.0 Å². The predicted molar refractivity (Wildman–Crippen MR) is 133 cm³/mol. The number of rotatable bonds is 5. The summed E-state index contributed by atoms with van der Waals surface area (Å²) in [7, 11) is 0. The summed E-state index contributed by atoms with van der Waals surface area (Å²) in [5, 5.41) is 4.37. The zero-order valence-corrected chi connectivity index (χ0v) is 20.2. The summed E-state index contributed by atoms with van der Waals surface area (Å²) in [5.74, 6) is -0.452. The molecule has 0 unspecified atom stereocenters. The lowest BCUT2D eigenvalue weighted by Gasteiger charge is -2.27. The predicted octanol–water partition coefficient (Wildman–Crippen LogP) is 3.90. The highest BCUT2D eigenvalue weighted by Gasteiger charge is 2.34. The van der Waals surface area contributed by atoms with Crippen molar-refractivity contribution < 1.29 is 19.1 Å². The lowest BCUT2D eigenvalue weighted by atomic mass is 10.1. The molecular weight excluding hydrogens is 491 g/mol. The van der Waals surface area contributed by atoms with E-state index in [4.69, 9.17) is 27.9 Å². The fraction of sp³-hybridized carbons (Fsp3) is 0.240. The summed E-state index contributed by atoms with van der Waals surface area (Å²) in [6.07, 6.45) is 3.47. The average molecular weight is 513 g/mol. The Balaban J connectivity index is 1.41. The number of benzene rings is 2. The van der Waals surface area contributed by atoms with Gasteiger partial charge in [0.1, 0.15) is 12.2 Å². The third-order valence-electron chi connectivity index (χ3n) is 6.09. The van der Waals surface area contributed by atoms with Gasteiger partial charge in [0, 0.05) is 45.8 Å². The number of imide groups is 1. The van der Waals surface area contributed by atoms with Gasteiger partial charge in [-0.25, -0.2) is 4.79 Å². The van der Waals surface area contributed by atoms with Crippen molar-refractivity contribution in [3.8, 4) is 0 Å². The van der Waals surface area contributed by atoms with E-state index in [9.17, 15) is 14.4 Å². The number of carbonyl (C=O) groups is 3. The van der Waals surface area contributed by atoms with Crippen LogP contribution < -0.4 is 5.32 Å². The molecule has 0 radical (unpaired) electrons. The Morgan fingerprint density at radius 2 is 1.86 bits per heavy atom. The van der Waals surface area contributed by atoms with Gasteiger partial charge in [-0.05, 0) is 29.8 Å². The molecule has 5 rings (SSSR count). The SMILES string of the molecule is O=C(Cn1cc(C=C2NC(=O)N(Cc3ccc(Cl)cc3Cl)C2=O)c2ccccc21)N1CCOCC1. The molecule has 1 aromatic heterocycles. The second kappa shape index (κ2) is 9.73. The molecule has 2 aromatic carbocycles. The van der Waals surface area contributed by atoms with Crippen molar-refractivity contribution in [2.24, 2.45) is 0 Å². The zero-order valence-electron chi connectivity index (χ0n) is 18.7. The number of carbonyl (C=O) groups excluding carboxylic acids is 3. The number of aromatic nitrogens is 1. The van der Waals surface area contributed by atoms with Gasteiger partial charge in [-0.1, -0.05) is 47.5 Å². The van der Waals surface area contributed by atoms with E-state index in [1.54, 1.807) is 29.2 Å². The summed E-state index contributed by atoms with van der Waals surface area (Å²) in [4.78, 5) is 41.3. The van der Waals surface area contributed by atoms with Crippen molar-refractivity contribution in [3.05, 3.63) is 75.5 Å². The van der Waals surface area contributed by atoms with E-state index in [2.05, 4.69) is 5.32 Å². The van der Waals surface area contributed by atoms with Crippen molar-refractivity contribution in [1.82, 2.24) is 19.7 Å². The van der Waals surface area contributed by atoms with Crippen LogP contribution in [0.5, 0.6) is 0 Å². The summed E-state index contributed by atoms with van der Waals surface area (Å²) in [5.41, 5.74) is 2.36. The van der Waals surface area contributed by atoms with Crippen molar-refractivity contribution in [1.29, 1.82) is 0 Å². The lowest BCUT2D eigenvalue weighted by Crippen LogP contribution is -2.42. The Morgan fingerprint density at radius 3 is 2.63 bits per heavy atom. The second-order valence-corrected chi connectivity index (χ2v) is 9.18. The highest BCUT2D eigenvalue weighted by Crippen LogP contribution is 2.27. The highest BCUT2D eigenvalue weighted by atomic mass is 35.5. The minimum atomic E-state index is -0.529. The number of fused-ring (bicyclic) bond motifs is 1. The Hall–Kier alpha value is -3.33. The molecular formula is C25H22Cl2N4O4. The third kappa shape index (κ3) is 4.77. The van der Waals surface area contributed by atoms with Gasteiger partial charge in [0.2, 0.25) is 5.91 Å². The first kappa shape index (κ1) is 23.4. The molecule has 0 saturated carbocycles. The molecule has 0 spiro atoms. The van der Waals surface area contributed by atoms with E-state index >= 15 is 0 Å². The first-order chi connectivity index (χ1) is 16.9. The van der Waals surface area contributed by atoms with E-state index in [1.807, 2.05) is 35.0 Å². The maximum atomic E-state index is 13.1. The van der Waals surface area contributed by atoms with E-state index < -0.39 is 11.9 Å². The summed E-state index contributed by atoms with van der Waals surface area (Å²) in [6, 6.07) is 12.0. The first-order valence-corrected chi connectivity index (χ1v) is 11.9. The number of para-hydroxylation sites is 1. The molecule has 35 heavy (non-hydrogen) atoms. The van der Waals surface area contributed by atoms with Crippen LogP contribution in [0.15, 0.2) is 54.4 Å². The number of hydrogen-bond acceptors (Lipinski definition) is 4. The lowest BCUT2D eigenvalue weighted by molar-refractivity contribution is -0.135. The maximum Gasteiger partial charge on any atom is 0.329 e. The summed E-state index contributed by atoms with van der Waals surface area (Å²) in [6.45, 7) is 2.41. The number of urea groups is 1. The molecule has 2 aliphatic rings. The number of nitrogens with zero attached hydrogens (tertiary/aromatic N) is 3. The van der Waals surface area contributed by atoms with Gasteiger partial charge < -0.3 is 19.5 Å². The molecule has 4 amide bonds. The van der Waals surface area contributed by atoms with Crippen LogP contribution in [0.2, 0.25) is 10.0 Å². The summed E-state index contributed by atoms with van der Waals surface area (Å²) >= 11 is 12.2. The molecule has 2 fully saturated rings. The van der Waals surface area contributed by atoms with E-state index in [0.29, 0.717) is 41.9 Å². The Labute approximate surface area is 211 Å². The van der Waals surface area contributed by atoms with Crippen molar-refractivity contribution in [3.63, 3.8) is 0 Å². The van der Waals surface area contributed by atoms with Crippen LogP contribution >= 0.6 is 23.2 Å². The molecule has 180 valence electrons. The van der Waals surface area contributed by atoms with Gasteiger partial charge in [0.25, 0.3) is 5.91 Å². The van der Waals surface area contributed by atoms with Gasteiger partial charge in [-0.3, -0.25) is 14.5 Å². The molecule has 0 aliphatic carbocycles. The number of nitrogens with one attached hydrogen (secondary N) is 1. The second-order valence-electron chi connectivity index (χ2n) is 8.34. The van der Waals surface area contributed by atoms with Crippen molar-refractivity contribution >= 4 is 58.0 Å². The fourth-order valence-electron chi connectivity index (χ4n) is 4.27. The molecule has 3 aromatic rings. The zero-order chi connectivity index (χ0) is 24.5. The normalized spacial score (nSPS) is 17.5. The van der Waals surface area contributed by atoms with Crippen LogP contribution in [0, 0.1) is 0 Å². The fourth-order valence-corrected chi connectivity index (χ4v) is 4.74. The molecule has 3 heterocycles.